The summed E-state index contributed by atoms with van der Waals surface area (Å²) in [7, 11) is 0. The number of thioether (sulfide) groups is 1. The summed E-state index contributed by atoms with van der Waals surface area (Å²) in [5, 5.41) is 2.90. The predicted octanol–water partition coefficient (Wildman–Crippen LogP) is 3.60. The van der Waals surface area contributed by atoms with Gasteiger partial charge in [0.2, 0.25) is 5.91 Å². The topological polar surface area (TPSA) is 68.3 Å². The molecule has 0 saturated carbocycles. The molecule has 5 heteroatoms. The lowest BCUT2D eigenvalue weighted by molar-refractivity contribution is -0.115. The molecule has 106 valence electrons. The van der Waals surface area contributed by atoms with Gasteiger partial charge in [0, 0.05) is 28.4 Å². The van der Waals surface area contributed by atoms with E-state index in [9.17, 15) is 4.79 Å². The van der Waals surface area contributed by atoms with Crippen molar-refractivity contribution in [1.82, 2.24) is 0 Å². The quantitative estimate of drug-likeness (QED) is 0.652. The fraction of sp³-hybridized carbons (Fsp3) is 0.267. The highest BCUT2D eigenvalue weighted by Crippen LogP contribution is 2.24. The van der Waals surface area contributed by atoms with Crippen LogP contribution in [0.15, 0.2) is 39.8 Å². The Kier molecular flexibility index (Phi) is 4.74. The second-order valence-electron chi connectivity index (χ2n) is 4.56. The Morgan fingerprint density at radius 3 is 2.80 bits per heavy atom. The van der Waals surface area contributed by atoms with Gasteiger partial charge in [-0.3, -0.25) is 4.79 Å². The molecule has 1 heterocycles. The maximum absolute atomic E-state index is 11.9. The molecule has 2 aromatic rings. The van der Waals surface area contributed by atoms with Gasteiger partial charge in [0.15, 0.2) is 0 Å². The number of carbonyl (C=O) groups is 1. The van der Waals surface area contributed by atoms with Crippen LogP contribution in [-0.4, -0.2) is 11.7 Å². The van der Waals surface area contributed by atoms with E-state index < -0.39 is 0 Å². The highest BCUT2D eigenvalue weighted by atomic mass is 32.2. The van der Waals surface area contributed by atoms with Gasteiger partial charge in [0.05, 0.1) is 6.26 Å². The van der Waals surface area contributed by atoms with Gasteiger partial charge in [-0.25, -0.2) is 0 Å². The van der Waals surface area contributed by atoms with Crippen molar-refractivity contribution >= 4 is 29.0 Å². The number of hydrogen-bond acceptors (Lipinski definition) is 4. The van der Waals surface area contributed by atoms with Crippen LogP contribution in [0, 0.1) is 13.8 Å². The van der Waals surface area contributed by atoms with Gasteiger partial charge in [0.1, 0.15) is 5.76 Å². The number of nitrogens with two attached hydrogens (primary N) is 1. The Balaban J connectivity index is 1.82. The summed E-state index contributed by atoms with van der Waals surface area (Å²) in [5.74, 6) is 1.62. The molecule has 0 fully saturated rings. The van der Waals surface area contributed by atoms with Crippen LogP contribution in [0.25, 0.3) is 0 Å². The minimum atomic E-state index is 0.00604. The molecule has 0 saturated heterocycles. The Morgan fingerprint density at radius 2 is 2.15 bits per heavy atom. The molecule has 1 aromatic carbocycles. The number of nitrogen functional groups attached to an aromatic ring is 1. The van der Waals surface area contributed by atoms with E-state index in [1.54, 1.807) is 24.1 Å². The minimum absolute atomic E-state index is 0.00604. The molecule has 0 aliphatic carbocycles. The molecule has 4 nitrogen and oxygen atoms in total. The molecule has 1 amide bonds. The van der Waals surface area contributed by atoms with Crippen LogP contribution in [0.3, 0.4) is 0 Å². The molecule has 20 heavy (non-hydrogen) atoms. The van der Waals surface area contributed by atoms with Gasteiger partial charge in [-0.05, 0) is 43.7 Å². The Morgan fingerprint density at radius 1 is 1.35 bits per heavy atom. The summed E-state index contributed by atoms with van der Waals surface area (Å²) >= 11 is 1.62. The number of carbonyl (C=O) groups excluding carboxylic acids is 1. The summed E-state index contributed by atoms with van der Waals surface area (Å²) in [5.41, 5.74) is 8.17. The van der Waals surface area contributed by atoms with Crippen molar-refractivity contribution in [3.05, 3.63) is 41.9 Å². The fourth-order valence-corrected chi connectivity index (χ4v) is 2.73. The van der Waals surface area contributed by atoms with Gasteiger partial charge in [0.25, 0.3) is 0 Å². The third-order valence-electron chi connectivity index (χ3n) is 2.92. The molecule has 1 aromatic heterocycles. The van der Waals surface area contributed by atoms with E-state index in [-0.39, 0.29) is 5.91 Å². The molecule has 0 atom stereocenters. The van der Waals surface area contributed by atoms with Crippen LogP contribution >= 0.6 is 11.8 Å². The molecule has 0 bridgehead atoms. The smallest absolute Gasteiger partial charge is 0.225 e. The third kappa shape index (κ3) is 3.81. The van der Waals surface area contributed by atoms with Gasteiger partial charge in [-0.2, -0.15) is 0 Å². The van der Waals surface area contributed by atoms with Crippen molar-refractivity contribution in [2.45, 2.75) is 25.2 Å². The Hall–Kier alpha value is -1.88. The number of amides is 1. The normalized spacial score (nSPS) is 10.5. The highest BCUT2D eigenvalue weighted by molar-refractivity contribution is 7.99. The van der Waals surface area contributed by atoms with Crippen molar-refractivity contribution in [1.29, 1.82) is 0 Å². The van der Waals surface area contributed by atoms with Crippen molar-refractivity contribution < 1.29 is 9.21 Å². The van der Waals surface area contributed by atoms with E-state index >= 15 is 0 Å². The van der Waals surface area contributed by atoms with Crippen LogP contribution in [0.1, 0.15) is 17.7 Å². The molecule has 2 rings (SSSR count). The van der Waals surface area contributed by atoms with Crippen molar-refractivity contribution in [3.63, 3.8) is 0 Å². The van der Waals surface area contributed by atoms with Crippen molar-refractivity contribution in [2.24, 2.45) is 0 Å². The molecule has 0 radical (unpaired) electrons. The number of aryl methyl sites for hydroxylation is 2. The maximum Gasteiger partial charge on any atom is 0.225 e. The van der Waals surface area contributed by atoms with Crippen LogP contribution in [0.2, 0.25) is 0 Å². The van der Waals surface area contributed by atoms with Crippen LogP contribution < -0.4 is 11.1 Å². The number of furan rings is 1. The lowest BCUT2D eigenvalue weighted by Crippen LogP contribution is -2.13. The summed E-state index contributed by atoms with van der Waals surface area (Å²) in [6, 6.07) is 7.38. The maximum atomic E-state index is 11.9. The van der Waals surface area contributed by atoms with E-state index in [1.165, 1.54) is 0 Å². The standard InChI is InChI=1S/C15H18N2O2S/c1-10-9-12(16)3-4-13(10)17-15(18)6-8-20-14-5-7-19-11(14)2/h3-5,7,9H,6,8,16H2,1-2H3,(H,17,18). The van der Waals surface area contributed by atoms with Gasteiger partial charge in [-0.15, -0.1) is 11.8 Å². The third-order valence-corrected chi connectivity index (χ3v) is 4.07. The van der Waals surface area contributed by atoms with Gasteiger partial charge < -0.3 is 15.5 Å². The Labute approximate surface area is 122 Å². The van der Waals surface area contributed by atoms with Crippen LogP contribution in [0.5, 0.6) is 0 Å². The lowest BCUT2D eigenvalue weighted by Gasteiger charge is -2.08. The monoisotopic (exact) mass is 290 g/mol. The number of nitrogens with one attached hydrogen (secondary N) is 1. The molecular weight excluding hydrogens is 272 g/mol. The van der Waals surface area contributed by atoms with Crippen LogP contribution in [0.4, 0.5) is 11.4 Å². The molecule has 0 aliphatic heterocycles. The SMILES string of the molecule is Cc1cc(N)ccc1NC(=O)CCSc1ccoc1C. The lowest BCUT2D eigenvalue weighted by atomic mass is 10.2. The van der Waals surface area contributed by atoms with Crippen molar-refractivity contribution in [2.75, 3.05) is 16.8 Å². The zero-order chi connectivity index (χ0) is 14.5. The van der Waals surface area contributed by atoms with E-state index in [0.717, 1.165) is 27.7 Å². The van der Waals surface area contributed by atoms with Crippen LogP contribution in [-0.2, 0) is 4.79 Å². The first kappa shape index (κ1) is 14.5. The Bertz CT molecular complexity index is 608. The molecule has 0 aliphatic rings. The highest BCUT2D eigenvalue weighted by Gasteiger charge is 2.07. The minimum Gasteiger partial charge on any atom is -0.468 e. The predicted molar refractivity (Wildman–Crippen MR) is 83.0 cm³/mol. The first-order valence-corrected chi connectivity index (χ1v) is 7.37. The van der Waals surface area contributed by atoms with Crippen molar-refractivity contribution in [3.8, 4) is 0 Å². The first-order chi connectivity index (χ1) is 9.56. The number of benzene rings is 1. The van der Waals surface area contributed by atoms with E-state index in [4.69, 9.17) is 10.2 Å². The average Bonchev–Trinajstić information content (AvgIpc) is 2.79. The number of rotatable bonds is 5. The zero-order valence-corrected chi connectivity index (χ0v) is 12.4. The first-order valence-electron chi connectivity index (χ1n) is 6.39. The summed E-state index contributed by atoms with van der Waals surface area (Å²) in [6.45, 7) is 3.84. The van der Waals surface area contributed by atoms with E-state index in [0.29, 0.717) is 12.1 Å². The second-order valence-corrected chi connectivity index (χ2v) is 5.70. The zero-order valence-electron chi connectivity index (χ0n) is 11.6. The second kappa shape index (κ2) is 6.52. The van der Waals surface area contributed by atoms with E-state index in [2.05, 4.69) is 5.32 Å². The summed E-state index contributed by atoms with van der Waals surface area (Å²) in [6.07, 6.45) is 2.12. The molecule has 3 N–H and O–H groups in total. The molecule has 0 spiro atoms. The number of hydrogen-bond donors (Lipinski definition) is 2. The van der Waals surface area contributed by atoms with Gasteiger partial charge in [-0.1, -0.05) is 0 Å². The van der Waals surface area contributed by atoms with E-state index in [1.807, 2.05) is 32.0 Å². The summed E-state index contributed by atoms with van der Waals surface area (Å²) in [4.78, 5) is 13.0. The molecular formula is C15H18N2O2S. The summed E-state index contributed by atoms with van der Waals surface area (Å²) < 4.78 is 5.21. The average molecular weight is 290 g/mol. The number of anilines is 2. The largest absolute Gasteiger partial charge is 0.468 e. The van der Waals surface area contributed by atoms with Gasteiger partial charge >= 0.3 is 0 Å². The fourth-order valence-electron chi connectivity index (χ4n) is 1.82. The molecule has 0 unspecified atom stereocenters.